The Kier molecular flexibility index (Phi) is 5.63. The lowest BCUT2D eigenvalue weighted by molar-refractivity contribution is 0.485. The van der Waals surface area contributed by atoms with Gasteiger partial charge in [-0.2, -0.15) is 0 Å². The summed E-state index contributed by atoms with van der Waals surface area (Å²) in [5, 5.41) is 0. The van der Waals surface area contributed by atoms with E-state index in [1.54, 1.807) is 24.3 Å². The van der Waals surface area contributed by atoms with Gasteiger partial charge in [-0.3, -0.25) is 0 Å². The van der Waals surface area contributed by atoms with Crippen LogP contribution in [0.4, 0.5) is 0 Å². The standard InChI is InChI=1S/C13H20ClNO2S/c1-10(2)8-12(9-14)15-18(16,17)13-6-4-11(3)5-7-13/h4-7,10,12,15H,8-9H2,1-3H3. The highest BCUT2D eigenvalue weighted by Crippen LogP contribution is 2.13. The highest BCUT2D eigenvalue weighted by molar-refractivity contribution is 7.89. The summed E-state index contributed by atoms with van der Waals surface area (Å²) in [6.45, 7) is 6.00. The molecule has 1 atom stereocenters. The molecule has 0 aromatic heterocycles. The monoisotopic (exact) mass is 289 g/mol. The molecule has 0 heterocycles. The van der Waals surface area contributed by atoms with Gasteiger partial charge < -0.3 is 0 Å². The van der Waals surface area contributed by atoms with Crippen LogP contribution in [-0.2, 0) is 10.0 Å². The molecule has 0 aliphatic carbocycles. The van der Waals surface area contributed by atoms with Crippen LogP contribution in [0.5, 0.6) is 0 Å². The van der Waals surface area contributed by atoms with E-state index in [2.05, 4.69) is 4.72 Å². The molecule has 0 amide bonds. The van der Waals surface area contributed by atoms with E-state index in [0.717, 1.165) is 12.0 Å². The van der Waals surface area contributed by atoms with Crippen molar-refractivity contribution >= 4 is 21.6 Å². The fourth-order valence-electron chi connectivity index (χ4n) is 1.72. The average Bonchev–Trinajstić information content (AvgIpc) is 2.27. The third-order valence-electron chi connectivity index (χ3n) is 2.60. The largest absolute Gasteiger partial charge is 0.240 e. The number of halogens is 1. The van der Waals surface area contributed by atoms with Gasteiger partial charge in [0.25, 0.3) is 0 Å². The van der Waals surface area contributed by atoms with Crippen molar-refractivity contribution in [2.75, 3.05) is 5.88 Å². The molecule has 0 aliphatic rings. The van der Waals surface area contributed by atoms with E-state index in [-0.39, 0.29) is 16.8 Å². The molecule has 0 bridgehead atoms. The number of benzene rings is 1. The molecule has 0 aliphatic heterocycles. The Morgan fingerprint density at radius 3 is 2.22 bits per heavy atom. The van der Waals surface area contributed by atoms with Gasteiger partial charge >= 0.3 is 0 Å². The number of hydrogen-bond donors (Lipinski definition) is 1. The zero-order valence-corrected chi connectivity index (χ0v) is 12.6. The van der Waals surface area contributed by atoms with Crippen molar-refractivity contribution in [3.8, 4) is 0 Å². The van der Waals surface area contributed by atoms with Gasteiger partial charge in [-0.1, -0.05) is 31.5 Å². The first-order valence-corrected chi connectivity index (χ1v) is 8.02. The van der Waals surface area contributed by atoms with E-state index < -0.39 is 10.0 Å². The maximum Gasteiger partial charge on any atom is 0.240 e. The van der Waals surface area contributed by atoms with E-state index in [1.807, 2.05) is 20.8 Å². The van der Waals surface area contributed by atoms with E-state index in [4.69, 9.17) is 11.6 Å². The van der Waals surface area contributed by atoms with Crippen LogP contribution in [0.15, 0.2) is 29.2 Å². The molecule has 1 N–H and O–H groups in total. The number of alkyl halides is 1. The Bertz CT molecular complexity index is 468. The Balaban J connectivity index is 2.83. The van der Waals surface area contributed by atoms with Crippen LogP contribution in [-0.4, -0.2) is 20.3 Å². The summed E-state index contributed by atoms with van der Waals surface area (Å²) in [4.78, 5) is 0.284. The Hall–Kier alpha value is -0.580. The maximum absolute atomic E-state index is 12.1. The van der Waals surface area contributed by atoms with Crippen molar-refractivity contribution < 1.29 is 8.42 Å². The van der Waals surface area contributed by atoms with Gasteiger partial charge in [0.1, 0.15) is 0 Å². The summed E-state index contributed by atoms with van der Waals surface area (Å²) in [5.74, 6) is 0.679. The Morgan fingerprint density at radius 1 is 1.22 bits per heavy atom. The lowest BCUT2D eigenvalue weighted by atomic mass is 10.1. The third kappa shape index (κ3) is 4.59. The minimum atomic E-state index is -3.47. The summed E-state index contributed by atoms with van der Waals surface area (Å²) < 4.78 is 26.9. The SMILES string of the molecule is Cc1ccc(S(=O)(=O)NC(CCl)CC(C)C)cc1. The number of rotatable bonds is 6. The van der Waals surface area contributed by atoms with Crippen LogP contribution in [0.1, 0.15) is 25.8 Å². The topological polar surface area (TPSA) is 46.2 Å². The average molecular weight is 290 g/mol. The van der Waals surface area contributed by atoms with Gasteiger partial charge in [0.2, 0.25) is 10.0 Å². The van der Waals surface area contributed by atoms with Crippen LogP contribution in [0, 0.1) is 12.8 Å². The quantitative estimate of drug-likeness (QED) is 0.819. The van der Waals surface area contributed by atoms with Gasteiger partial charge in [0.15, 0.2) is 0 Å². The van der Waals surface area contributed by atoms with Gasteiger partial charge in [-0.25, -0.2) is 13.1 Å². The van der Waals surface area contributed by atoms with Crippen LogP contribution in [0.25, 0.3) is 0 Å². The van der Waals surface area contributed by atoms with Gasteiger partial charge in [0, 0.05) is 11.9 Å². The summed E-state index contributed by atoms with van der Waals surface area (Å²) >= 11 is 5.80. The third-order valence-corrected chi connectivity index (χ3v) is 4.50. The molecule has 0 fully saturated rings. The van der Waals surface area contributed by atoms with Gasteiger partial charge in [-0.15, -0.1) is 11.6 Å². The maximum atomic E-state index is 12.1. The molecule has 3 nitrogen and oxygen atoms in total. The molecule has 0 radical (unpaired) electrons. The molecule has 1 aromatic rings. The molecule has 1 unspecified atom stereocenters. The van der Waals surface area contributed by atoms with Crippen LogP contribution >= 0.6 is 11.6 Å². The lowest BCUT2D eigenvalue weighted by Crippen LogP contribution is -2.37. The fraction of sp³-hybridized carbons (Fsp3) is 0.538. The molecule has 0 saturated carbocycles. The van der Waals surface area contributed by atoms with E-state index in [1.165, 1.54) is 0 Å². The van der Waals surface area contributed by atoms with Crippen molar-refractivity contribution in [2.24, 2.45) is 5.92 Å². The number of sulfonamides is 1. The molecule has 0 saturated heterocycles. The van der Waals surface area contributed by atoms with Gasteiger partial charge in [0.05, 0.1) is 4.90 Å². The van der Waals surface area contributed by atoms with E-state index >= 15 is 0 Å². The minimum Gasteiger partial charge on any atom is -0.207 e. The first-order chi connectivity index (χ1) is 8.35. The summed E-state index contributed by atoms with van der Waals surface area (Å²) in [5.41, 5.74) is 1.03. The lowest BCUT2D eigenvalue weighted by Gasteiger charge is -2.18. The molecular weight excluding hydrogens is 270 g/mol. The highest BCUT2D eigenvalue weighted by atomic mass is 35.5. The highest BCUT2D eigenvalue weighted by Gasteiger charge is 2.20. The second-order valence-corrected chi connectivity index (χ2v) is 6.94. The molecule has 18 heavy (non-hydrogen) atoms. The zero-order valence-electron chi connectivity index (χ0n) is 11.0. The predicted molar refractivity (Wildman–Crippen MR) is 75.5 cm³/mol. The second kappa shape index (κ2) is 6.55. The minimum absolute atomic E-state index is 0.224. The van der Waals surface area contributed by atoms with E-state index in [0.29, 0.717) is 5.92 Å². The van der Waals surface area contributed by atoms with Crippen LogP contribution < -0.4 is 4.72 Å². The first-order valence-electron chi connectivity index (χ1n) is 6.00. The van der Waals surface area contributed by atoms with Crippen molar-refractivity contribution in [2.45, 2.75) is 38.1 Å². The zero-order chi connectivity index (χ0) is 13.8. The molecule has 5 heteroatoms. The molecule has 0 spiro atoms. The fourth-order valence-corrected chi connectivity index (χ4v) is 3.26. The van der Waals surface area contributed by atoms with Gasteiger partial charge in [-0.05, 0) is 31.4 Å². The number of nitrogens with one attached hydrogen (secondary N) is 1. The number of aryl methyl sites for hydroxylation is 1. The molecular formula is C13H20ClNO2S. The van der Waals surface area contributed by atoms with E-state index in [9.17, 15) is 8.42 Å². The normalized spacial score (nSPS) is 13.8. The second-order valence-electron chi connectivity index (χ2n) is 4.92. The van der Waals surface area contributed by atoms with Crippen LogP contribution in [0.2, 0.25) is 0 Å². The number of hydrogen-bond acceptors (Lipinski definition) is 2. The smallest absolute Gasteiger partial charge is 0.207 e. The summed E-state index contributed by atoms with van der Waals surface area (Å²) in [6, 6.07) is 6.56. The molecule has 102 valence electrons. The summed E-state index contributed by atoms with van der Waals surface area (Å²) in [7, 11) is -3.47. The predicted octanol–water partition coefficient (Wildman–Crippen LogP) is 2.93. The summed E-state index contributed by atoms with van der Waals surface area (Å²) in [6.07, 6.45) is 0.731. The molecule has 1 rings (SSSR count). The van der Waals surface area contributed by atoms with Crippen molar-refractivity contribution in [3.63, 3.8) is 0 Å². The first kappa shape index (κ1) is 15.5. The van der Waals surface area contributed by atoms with Crippen LogP contribution in [0.3, 0.4) is 0 Å². The Morgan fingerprint density at radius 2 is 1.78 bits per heavy atom. The Labute approximate surface area is 115 Å². The van der Waals surface area contributed by atoms with Crippen molar-refractivity contribution in [3.05, 3.63) is 29.8 Å². The van der Waals surface area contributed by atoms with Crippen molar-refractivity contribution in [1.29, 1.82) is 0 Å². The van der Waals surface area contributed by atoms with Crippen molar-refractivity contribution in [1.82, 2.24) is 4.72 Å². The molecule has 1 aromatic carbocycles.